The molecule has 1 aliphatic heterocycles. The van der Waals surface area contributed by atoms with Gasteiger partial charge in [-0.15, -0.1) is 0 Å². The molecule has 0 saturated carbocycles. The SMILES string of the molecule is CC(CN)CC(C)N1CCN(CC(C)C(C)O)CC1. The van der Waals surface area contributed by atoms with Crippen LogP contribution in [0, 0.1) is 11.8 Å². The van der Waals surface area contributed by atoms with E-state index in [0.29, 0.717) is 17.9 Å². The fourth-order valence-electron chi connectivity index (χ4n) is 2.77. The van der Waals surface area contributed by atoms with Gasteiger partial charge in [-0.05, 0) is 38.6 Å². The summed E-state index contributed by atoms with van der Waals surface area (Å²) in [5.74, 6) is 0.976. The third kappa shape index (κ3) is 5.78. The summed E-state index contributed by atoms with van der Waals surface area (Å²) in [4.78, 5) is 5.06. The van der Waals surface area contributed by atoms with Crippen LogP contribution in [0.4, 0.5) is 0 Å². The summed E-state index contributed by atoms with van der Waals surface area (Å²) >= 11 is 0. The quantitative estimate of drug-likeness (QED) is 0.725. The fraction of sp³-hybridized carbons (Fsp3) is 1.00. The highest BCUT2D eigenvalue weighted by atomic mass is 16.3. The second-order valence-corrected chi connectivity index (χ2v) is 6.48. The summed E-state index contributed by atoms with van der Waals surface area (Å²) in [6.07, 6.45) is 0.989. The van der Waals surface area contributed by atoms with Crippen LogP contribution in [0.25, 0.3) is 0 Å². The van der Waals surface area contributed by atoms with Crippen molar-refractivity contribution in [2.24, 2.45) is 17.6 Å². The Morgan fingerprint density at radius 3 is 2.11 bits per heavy atom. The zero-order chi connectivity index (χ0) is 14.4. The van der Waals surface area contributed by atoms with Crippen molar-refractivity contribution in [1.29, 1.82) is 0 Å². The molecule has 0 aliphatic carbocycles. The van der Waals surface area contributed by atoms with Crippen molar-refractivity contribution < 1.29 is 5.11 Å². The first kappa shape index (κ1) is 16.9. The van der Waals surface area contributed by atoms with E-state index in [4.69, 9.17) is 5.73 Å². The van der Waals surface area contributed by atoms with E-state index in [2.05, 4.69) is 30.6 Å². The van der Waals surface area contributed by atoms with E-state index >= 15 is 0 Å². The van der Waals surface area contributed by atoms with Gasteiger partial charge in [0.2, 0.25) is 0 Å². The molecule has 1 aliphatic rings. The average Bonchev–Trinajstić information content (AvgIpc) is 2.39. The maximum Gasteiger partial charge on any atom is 0.0549 e. The molecule has 4 atom stereocenters. The van der Waals surface area contributed by atoms with Crippen molar-refractivity contribution in [3.05, 3.63) is 0 Å². The molecule has 1 heterocycles. The van der Waals surface area contributed by atoms with Crippen LogP contribution in [0.15, 0.2) is 0 Å². The van der Waals surface area contributed by atoms with Crippen molar-refractivity contribution >= 4 is 0 Å². The average molecular weight is 271 g/mol. The van der Waals surface area contributed by atoms with Crippen molar-refractivity contribution in [1.82, 2.24) is 9.80 Å². The minimum absolute atomic E-state index is 0.206. The van der Waals surface area contributed by atoms with Crippen molar-refractivity contribution in [2.75, 3.05) is 39.3 Å². The van der Waals surface area contributed by atoms with E-state index in [-0.39, 0.29) is 6.10 Å². The van der Waals surface area contributed by atoms with Gasteiger partial charge < -0.3 is 15.7 Å². The molecule has 0 bridgehead atoms. The van der Waals surface area contributed by atoms with E-state index in [9.17, 15) is 5.11 Å². The Morgan fingerprint density at radius 2 is 1.63 bits per heavy atom. The number of nitrogens with two attached hydrogens (primary N) is 1. The number of hydrogen-bond donors (Lipinski definition) is 2. The first-order valence-corrected chi connectivity index (χ1v) is 7.78. The summed E-state index contributed by atoms with van der Waals surface area (Å²) in [5.41, 5.74) is 5.70. The smallest absolute Gasteiger partial charge is 0.0549 e. The number of piperazine rings is 1. The maximum absolute atomic E-state index is 9.57. The Labute approximate surface area is 118 Å². The topological polar surface area (TPSA) is 52.7 Å². The molecule has 0 radical (unpaired) electrons. The third-order valence-electron chi connectivity index (χ3n) is 4.55. The van der Waals surface area contributed by atoms with Crippen LogP contribution in [0.5, 0.6) is 0 Å². The number of rotatable bonds is 7. The minimum atomic E-state index is -0.206. The highest BCUT2D eigenvalue weighted by Gasteiger charge is 2.23. The molecule has 4 nitrogen and oxygen atoms in total. The van der Waals surface area contributed by atoms with E-state index < -0.39 is 0 Å². The predicted octanol–water partition coefficient (Wildman–Crippen LogP) is 0.994. The molecule has 4 unspecified atom stereocenters. The molecule has 114 valence electrons. The van der Waals surface area contributed by atoms with Crippen molar-refractivity contribution in [3.63, 3.8) is 0 Å². The lowest BCUT2D eigenvalue weighted by Gasteiger charge is -2.39. The molecule has 19 heavy (non-hydrogen) atoms. The lowest BCUT2D eigenvalue weighted by atomic mass is 10.0. The summed E-state index contributed by atoms with van der Waals surface area (Å²) in [7, 11) is 0. The number of nitrogens with zero attached hydrogens (tertiary/aromatic N) is 2. The lowest BCUT2D eigenvalue weighted by Crippen LogP contribution is -2.51. The van der Waals surface area contributed by atoms with E-state index in [1.807, 2.05) is 6.92 Å². The van der Waals surface area contributed by atoms with Crippen molar-refractivity contribution in [2.45, 2.75) is 46.3 Å². The predicted molar refractivity (Wildman–Crippen MR) is 81.2 cm³/mol. The Morgan fingerprint density at radius 1 is 1.05 bits per heavy atom. The highest BCUT2D eigenvalue weighted by Crippen LogP contribution is 2.15. The molecule has 0 aromatic rings. The van der Waals surface area contributed by atoms with Gasteiger partial charge in [-0.1, -0.05) is 13.8 Å². The van der Waals surface area contributed by atoms with Gasteiger partial charge >= 0.3 is 0 Å². The van der Waals surface area contributed by atoms with Gasteiger partial charge in [-0.3, -0.25) is 4.90 Å². The van der Waals surface area contributed by atoms with Crippen LogP contribution in [0.3, 0.4) is 0 Å². The number of aliphatic hydroxyl groups excluding tert-OH is 1. The highest BCUT2D eigenvalue weighted by molar-refractivity contribution is 4.79. The van der Waals surface area contributed by atoms with Crippen LogP contribution in [0.2, 0.25) is 0 Å². The molecule has 0 spiro atoms. The van der Waals surface area contributed by atoms with Gasteiger partial charge in [0.15, 0.2) is 0 Å². The van der Waals surface area contributed by atoms with Crippen LogP contribution < -0.4 is 5.73 Å². The Hall–Kier alpha value is -0.160. The van der Waals surface area contributed by atoms with Gasteiger partial charge in [-0.2, -0.15) is 0 Å². The van der Waals surface area contributed by atoms with E-state index in [0.717, 1.165) is 39.3 Å². The van der Waals surface area contributed by atoms with Crippen LogP contribution >= 0.6 is 0 Å². The second kappa shape index (κ2) is 8.20. The Bertz CT molecular complexity index is 240. The summed E-state index contributed by atoms with van der Waals surface area (Å²) in [6, 6.07) is 0.634. The summed E-state index contributed by atoms with van der Waals surface area (Å²) in [5, 5.41) is 9.57. The molecule has 0 aromatic heterocycles. The minimum Gasteiger partial charge on any atom is -0.393 e. The molecule has 1 fully saturated rings. The van der Waals surface area contributed by atoms with Crippen LogP contribution in [0.1, 0.15) is 34.1 Å². The normalized spacial score (nSPS) is 24.9. The van der Waals surface area contributed by atoms with Gasteiger partial charge in [0.25, 0.3) is 0 Å². The van der Waals surface area contributed by atoms with Gasteiger partial charge in [0.05, 0.1) is 6.10 Å². The third-order valence-corrected chi connectivity index (χ3v) is 4.55. The molecule has 0 aromatic carbocycles. The van der Waals surface area contributed by atoms with Gasteiger partial charge in [0.1, 0.15) is 0 Å². The van der Waals surface area contributed by atoms with Crippen LogP contribution in [-0.4, -0.2) is 66.3 Å². The second-order valence-electron chi connectivity index (χ2n) is 6.48. The molecule has 0 amide bonds. The first-order chi connectivity index (χ1) is 8.93. The van der Waals surface area contributed by atoms with E-state index in [1.54, 1.807) is 0 Å². The molecule has 1 rings (SSSR count). The Balaban J connectivity index is 2.28. The monoisotopic (exact) mass is 271 g/mol. The van der Waals surface area contributed by atoms with E-state index in [1.165, 1.54) is 6.42 Å². The number of hydrogen-bond acceptors (Lipinski definition) is 4. The summed E-state index contributed by atoms with van der Waals surface area (Å²) in [6.45, 7) is 14.9. The Kier molecular flexibility index (Phi) is 7.29. The lowest BCUT2D eigenvalue weighted by molar-refractivity contribution is 0.0581. The fourth-order valence-corrected chi connectivity index (χ4v) is 2.77. The molecular formula is C15H33N3O. The molecule has 3 N–H and O–H groups in total. The maximum atomic E-state index is 9.57. The van der Waals surface area contributed by atoms with Gasteiger partial charge in [0, 0.05) is 38.8 Å². The van der Waals surface area contributed by atoms with Crippen molar-refractivity contribution in [3.8, 4) is 0 Å². The zero-order valence-corrected chi connectivity index (χ0v) is 13.2. The summed E-state index contributed by atoms with van der Waals surface area (Å²) < 4.78 is 0. The first-order valence-electron chi connectivity index (χ1n) is 7.78. The standard InChI is InChI=1S/C15H33N3O/c1-12(10-16)9-14(3)18-7-5-17(6-8-18)11-13(2)15(4)19/h12-15,19H,5-11,16H2,1-4H3. The molecular weight excluding hydrogens is 238 g/mol. The van der Waals surface area contributed by atoms with Crippen LogP contribution in [-0.2, 0) is 0 Å². The van der Waals surface area contributed by atoms with Gasteiger partial charge in [-0.25, -0.2) is 0 Å². The molecule has 4 heteroatoms. The largest absolute Gasteiger partial charge is 0.393 e. The number of aliphatic hydroxyl groups is 1. The zero-order valence-electron chi connectivity index (χ0n) is 13.2. The molecule has 1 saturated heterocycles.